The molecule has 0 bridgehead atoms. The molecule has 0 saturated heterocycles. The highest BCUT2D eigenvalue weighted by atomic mass is 32.1. The predicted octanol–water partition coefficient (Wildman–Crippen LogP) is 1.53. The zero-order chi connectivity index (χ0) is 19.1. The van der Waals surface area contributed by atoms with Crippen LogP contribution in [0.25, 0.3) is 6.08 Å². The van der Waals surface area contributed by atoms with Crippen LogP contribution in [0.1, 0.15) is 5.56 Å². The van der Waals surface area contributed by atoms with Crippen LogP contribution in [0, 0.1) is 0 Å². The van der Waals surface area contributed by atoms with Crippen LogP contribution in [0.5, 0.6) is 17.2 Å². The molecule has 0 radical (unpaired) electrons. The Morgan fingerprint density at radius 2 is 1.96 bits per heavy atom. The van der Waals surface area contributed by atoms with Crippen molar-refractivity contribution in [1.82, 2.24) is 4.57 Å². The number of fused-ring (bicyclic) bond motifs is 2. The molecule has 5 rings (SSSR count). The van der Waals surface area contributed by atoms with E-state index in [-0.39, 0.29) is 12.4 Å². The average Bonchev–Trinajstić information content (AvgIpc) is 3.32. The van der Waals surface area contributed by atoms with Gasteiger partial charge in [-0.05, 0) is 35.9 Å². The molecule has 0 unspecified atom stereocenters. The van der Waals surface area contributed by atoms with Gasteiger partial charge >= 0.3 is 0 Å². The molecule has 2 aliphatic heterocycles. The van der Waals surface area contributed by atoms with Crippen LogP contribution in [-0.4, -0.2) is 25.1 Å². The molecule has 0 saturated carbocycles. The molecular formula is C20H17N3O4S. The van der Waals surface area contributed by atoms with Crippen LogP contribution >= 0.6 is 11.3 Å². The highest BCUT2D eigenvalue weighted by Gasteiger charge is 2.19. The third-order valence-electron chi connectivity index (χ3n) is 4.71. The van der Waals surface area contributed by atoms with Gasteiger partial charge in [-0.2, -0.15) is 0 Å². The number of ether oxygens (including phenoxy) is 3. The van der Waals surface area contributed by atoms with Crippen molar-refractivity contribution in [3.05, 3.63) is 67.7 Å². The summed E-state index contributed by atoms with van der Waals surface area (Å²) in [6.45, 7) is 1.17. The molecule has 142 valence electrons. The molecule has 3 aromatic rings. The Labute approximate surface area is 164 Å². The van der Waals surface area contributed by atoms with Crippen molar-refractivity contribution >= 4 is 23.1 Å². The van der Waals surface area contributed by atoms with Crippen molar-refractivity contribution in [2.75, 3.05) is 25.5 Å². The number of rotatable bonds is 3. The highest BCUT2D eigenvalue weighted by Crippen LogP contribution is 2.35. The summed E-state index contributed by atoms with van der Waals surface area (Å²) in [4.78, 5) is 20.2. The van der Waals surface area contributed by atoms with Gasteiger partial charge < -0.3 is 19.1 Å². The van der Waals surface area contributed by atoms with Crippen LogP contribution in [0.2, 0.25) is 0 Å². The van der Waals surface area contributed by atoms with E-state index in [9.17, 15) is 4.79 Å². The molecule has 0 aliphatic carbocycles. The molecule has 28 heavy (non-hydrogen) atoms. The first-order valence-electron chi connectivity index (χ1n) is 8.76. The van der Waals surface area contributed by atoms with Crippen molar-refractivity contribution in [3.63, 3.8) is 0 Å². The molecule has 2 aliphatic rings. The Bertz CT molecular complexity index is 1210. The monoisotopic (exact) mass is 395 g/mol. The quantitative estimate of drug-likeness (QED) is 0.673. The number of hydrogen-bond donors (Lipinski definition) is 0. The standard InChI is InChI=1S/C20H17N3O4S/c1-25-15-5-2-13(3-6-15)8-18-19(24)23-11-22(10-21-20(23)28-18)14-4-7-16-17(9-14)27-12-26-16/h2-9H,10-12H2,1H3. The largest absolute Gasteiger partial charge is 0.497 e. The Morgan fingerprint density at radius 1 is 1.14 bits per heavy atom. The van der Waals surface area contributed by atoms with Gasteiger partial charge in [0.25, 0.3) is 5.56 Å². The molecule has 2 aromatic carbocycles. The number of benzene rings is 2. The van der Waals surface area contributed by atoms with Gasteiger partial charge in [-0.25, -0.2) is 4.99 Å². The van der Waals surface area contributed by atoms with Crippen LogP contribution < -0.4 is 34.0 Å². The Hall–Kier alpha value is -3.26. The highest BCUT2D eigenvalue weighted by molar-refractivity contribution is 7.07. The van der Waals surface area contributed by atoms with Crippen LogP contribution in [0.3, 0.4) is 0 Å². The lowest BCUT2D eigenvalue weighted by Gasteiger charge is -2.25. The lowest BCUT2D eigenvalue weighted by Crippen LogP contribution is -2.42. The summed E-state index contributed by atoms with van der Waals surface area (Å²) >= 11 is 1.41. The fourth-order valence-corrected chi connectivity index (χ4v) is 4.17. The first-order valence-corrected chi connectivity index (χ1v) is 9.57. The molecule has 7 nitrogen and oxygen atoms in total. The number of hydrogen-bond acceptors (Lipinski definition) is 7. The molecule has 0 fully saturated rings. The summed E-state index contributed by atoms with van der Waals surface area (Å²) in [6, 6.07) is 13.4. The Kier molecular flexibility index (Phi) is 4.05. The molecule has 0 amide bonds. The molecule has 0 atom stereocenters. The van der Waals surface area contributed by atoms with Gasteiger partial charge in [-0.3, -0.25) is 9.36 Å². The van der Waals surface area contributed by atoms with Crippen molar-refractivity contribution in [1.29, 1.82) is 0 Å². The molecule has 1 aromatic heterocycles. The summed E-state index contributed by atoms with van der Waals surface area (Å²) in [7, 11) is 1.63. The SMILES string of the molecule is COc1ccc(C=c2sc3n(c2=O)CN(c2ccc4c(c2)OCO4)CN=3)cc1. The van der Waals surface area contributed by atoms with E-state index in [0.717, 1.165) is 33.3 Å². The third-order valence-corrected chi connectivity index (χ3v) is 5.76. The van der Waals surface area contributed by atoms with Crippen LogP contribution in [-0.2, 0) is 6.67 Å². The molecular weight excluding hydrogens is 378 g/mol. The van der Waals surface area contributed by atoms with Gasteiger partial charge in [0, 0.05) is 11.8 Å². The Balaban J connectivity index is 1.47. The maximum atomic E-state index is 12.9. The zero-order valence-corrected chi connectivity index (χ0v) is 15.9. The summed E-state index contributed by atoms with van der Waals surface area (Å²) < 4.78 is 18.4. The van der Waals surface area contributed by atoms with E-state index >= 15 is 0 Å². The van der Waals surface area contributed by atoms with E-state index in [4.69, 9.17) is 14.2 Å². The lowest BCUT2D eigenvalue weighted by atomic mass is 10.2. The van der Waals surface area contributed by atoms with Gasteiger partial charge in [0.1, 0.15) is 19.1 Å². The third kappa shape index (κ3) is 2.91. The minimum atomic E-state index is -0.0370. The second-order valence-electron chi connectivity index (χ2n) is 6.42. The summed E-state index contributed by atoms with van der Waals surface area (Å²) in [5, 5.41) is 0. The maximum Gasteiger partial charge on any atom is 0.271 e. The van der Waals surface area contributed by atoms with Gasteiger partial charge in [-0.15, -0.1) is 0 Å². The summed E-state index contributed by atoms with van der Waals surface area (Å²) in [6.07, 6.45) is 1.89. The second-order valence-corrected chi connectivity index (χ2v) is 7.43. The maximum absolute atomic E-state index is 12.9. The van der Waals surface area contributed by atoms with Gasteiger partial charge in [-0.1, -0.05) is 23.5 Å². The number of aromatic nitrogens is 1. The smallest absolute Gasteiger partial charge is 0.271 e. The van der Waals surface area contributed by atoms with Crippen molar-refractivity contribution in [2.24, 2.45) is 4.99 Å². The van der Waals surface area contributed by atoms with Gasteiger partial charge in [0.15, 0.2) is 16.3 Å². The Morgan fingerprint density at radius 3 is 2.79 bits per heavy atom. The van der Waals surface area contributed by atoms with Gasteiger partial charge in [0.05, 0.1) is 11.6 Å². The number of methoxy groups -OCH3 is 1. The second kappa shape index (κ2) is 6.72. The number of thiazole rings is 1. The van der Waals surface area contributed by atoms with Crippen molar-refractivity contribution < 1.29 is 14.2 Å². The normalized spacial score (nSPS) is 15.3. The van der Waals surface area contributed by atoms with Crippen molar-refractivity contribution in [3.8, 4) is 17.2 Å². The lowest BCUT2D eigenvalue weighted by molar-refractivity contribution is 0.174. The van der Waals surface area contributed by atoms with E-state index in [1.54, 1.807) is 11.7 Å². The summed E-state index contributed by atoms with van der Waals surface area (Å²) in [5.74, 6) is 2.24. The van der Waals surface area contributed by atoms with Crippen LogP contribution in [0.4, 0.5) is 5.69 Å². The average molecular weight is 395 g/mol. The van der Waals surface area contributed by atoms with E-state index in [2.05, 4.69) is 4.99 Å². The first-order chi connectivity index (χ1) is 13.7. The van der Waals surface area contributed by atoms with Crippen LogP contribution in [0.15, 0.2) is 52.3 Å². The predicted molar refractivity (Wildman–Crippen MR) is 106 cm³/mol. The first kappa shape index (κ1) is 16.9. The van der Waals surface area contributed by atoms with Crippen molar-refractivity contribution in [2.45, 2.75) is 6.67 Å². The van der Waals surface area contributed by atoms with E-state index in [1.165, 1.54) is 11.3 Å². The minimum Gasteiger partial charge on any atom is -0.497 e. The molecule has 8 heteroatoms. The van der Waals surface area contributed by atoms with E-state index < -0.39 is 0 Å². The fraction of sp³-hybridized carbons (Fsp3) is 0.200. The topological polar surface area (TPSA) is 65.3 Å². The number of nitrogens with zero attached hydrogens (tertiary/aromatic N) is 3. The molecule has 0 spiro atoms. The fourth-order valence-electron chi connectivity index (χ4n) is 3.21. The zero-order valence-electron chi connectivity index (χ0n) is 15.1. The van der Waals surface area contributed by atoms with E-state index in [0.29, 0.717) is 17.9 Å². The molecule has 3 heterocycles. The number of anilines is 1. The molecule has 0 N–H and O–H groups in total. The minimum absolute atomic E-state index is 0.0370. The van der Waals surface area contributed by atoms with E-state index in [1.807, 2.05) is 53.4 Å². The summed E-state index contributed by atoms with van der Waals surface area (Å²) in [5.41, 5.74) is 1.85. The van der Waals surface area contributed by atoms with Gasteiger partial charge in [0.2, 0.25) is 6.79 Å².